The number of nitrogens with zero attached hydrogens (tertiary/aromatic N) is 1. The van der Waals surface area contributed by atoms with Crippen molar-refractivity contribution in [3.8, 4) is 0 Å². The number of hydrogen-bond donors (Lipinski definition) is 1. The molecule has 0 amide bonds. The lowest BCUT2D eigenvalue weighted by Crippen LogP contribution is -2.13. The highest BCUT2D eigenvalue weighted by molar-refractivity contribution is 5.79. The normalized spacial score (nSPS) is 11.4. The molecule has 2 heteroatoms. The lowest BCUT2D eigenvalue weighted by molar-refractivity contribution is 0.400. The average Bonchev–Trinajstić information content (AvgIpc) is 2.64. The Labute approximate surface area is 90.9 Å². The van der Waals surface area contributed by atoms with Gasteiger partial charge >= 0.3 is 0 Å². The van der Waals surface area contributed by atoms with Gasteiger partial charge in [0.2, 0.25) is 0 Å². The Morgan fingerprint density at radius 2 is 2.07 bits per heavy atom. The zero-order valence-electron chi connectivity index (χ0n) is 9.46. The summed E-state index contributed by atoms with van der Waals surface area (Å²) >= 11 is 0. The van der Waals surface area contributed by atoms with Gasteiger partial charge in [0, 0.05) is 11.7 Å². The Bertz CT molecular complexity index is 429. The van der Waals surface area contributed by atoms with Crippen molar-refractivity contribution in [1.82, 2.24) is 9.88 Å². The summed E-state index contributed by atoms with van der Waals surface area (Å²) in [5.74, 6) is 0. The molecule has 2 nitrogen and oxygen atoms in total. The molecule has 1 heterocycles. The van der Waals surface area contributed by atoms with Crippen LogP contribution in [0.15, 0.2) is 30.5 Å². The standard InChI is InChI=1S/C13H18N2/c1-15(2)9-3-4-11-5-6-13-12(10-11)7-8-14-13/h5-8,10,14H,3-4,9H2,1-2H3. The van der Waals surface area contributed by atoms with Gasteiger partial charge in [0.05, 0.1) is 0 Å². The van der Waals surface area contributed by atoms with Crippen molar-refractivity contribution in [2.24, 2.45) is 0 Å². The van der Waals surface area contributed by atoms with E-state index in [2.05, 4.69) is 48.2 Å². The van der Waals surface area contributed by atoms with E-state index in [9.17, 15) is 0 Å². The molecular weight excluding hydrogens is 184 g/mol. The van der Waals surface area contributed by atoms with Crippen molar-refractivity contribution < 1.29 is 0 Å². The van der Waals surface area contributed by atoms with Crippen molar-refractivity contribution in [1.29, 1.82) is 0 Å². The molecular formula is C13H18N2. The van der Waals surface area contributed by atoms with E-state index in [1.165, 1.54) is 29.3 Å². The third-order valence-corrected chi connectivity index (χ3v) is 2.69. The van der Waals surface area contributed by atoms with Crippen LogP contribution in [0.25, 0.3) is 10.9 Å². The summed E-state index contributed by atoms with van der Waals surface area (Å²) in [7, 11) is 4.24. The van der Waals surface area contributed by atoms with Crippen molar-refractivity contribution in [2.75, 3.05) is 20.6 Å². The van der Waals surface area contributed by atoms with Gasteiger partial charge in [0.15, 0.2) is 0 Å². The van der Waals surface area contributed by atoms with E-state index >= 15 is 0 Å². The molecule has 1 aromatic heterocycles. The fourth-order valence-electron chi connectivity index (χ4n) is 1.86. The van der Waals surface area contributed by atoms with Crippen molar-refractivity contribution in [3.05, 3.63) is 36.0 Å². The van der Waals surface area contributed by atoms with E-state index < -0.39 is 0 Å². The van der Waals surface area contributed by atoms with Crippen LogP contribution in [0.4, 0.5) is 0 Å². The topological polar surface area (TPSA) is 19.0 Å². The van der Waals surface area contributed by atoms with Gasteiger partial charge in [-0.05, 0) is 62.6 Å². The van der Waals surface area contributed by atoms with Gasteiger partial charge in [0.25, 0.3) is 0 Å². The predicted octanol–water partition coefficient (Wildman–Crippen LogP) is 2.66. The Hall–Kier alpha value is -1.28. The third-order valence-electron chi connectivity index (χ3n) is 2.69. The number of fused-ring (bicyclic) bond motifs is 1. The first kappa shape index (κ1) is 10.2. The van der Waals surface area contributed by atoms with Crippen LogP contribution in [0.2, 0.25) is 0 Å². The van der Waals surface area contributed by atoms with Crippen LogP contribution < -0.4 is 0 Å². The summed E-state index contributed by atoms with van der Waals surface area (Å²) in [5, 5.41) is 1.32. The second-order valence-electron chi connectivity index (χ2n) is 4.31. The van der Waals surface area contributed by atoms with Gasteiger partial charge < -0.3 is 9.88 Å². The fraction of sp³-hybridized carbons (Fsp3) is 0.385. The molecule has 0 saturated heterocycles. The molecule has 0 unspecified atom stereocenters. The summed E-state index contributed by atoms with van der Waals surface area (Å²) in [5.41, 5.74) is 2.66. The minimum absolute atomic E-state index is 1.16. The van der Waals surface area contributed by atoms with Gasteiger partial charge in [-0.2, -0.15) is 0 Å². The maximum atomic E-state index is 3.21. The van der Waals surface area contributed by atoms with Crippen LogP contribution in [-0.4, -0.2) is 30.5 Å². The van der Waals surface area contributed by atoms with Gasteiger partial charge in [-0.25, -0.2) is 0 Å². The molecule has 0 aliphatic carbocycles. The molecule has 0 spiro atoms. The number of H-pyrrole nitrogens is 1. The number of benzene rings is 1. The van der Waals surface area contributed by atoms with Crippen LogP contribution in [0.3, 0.4) is 0 Å². The molecule has 2 rings (SSSR count). The number of rotatable bonds is 4. The molecule has 0 aliphatic heterocycles. The monoisotopic (exact) mass is 202 g/mol. The van der Waals surface area contributed by atoms with E-state index in [4.69, 9.17) is 0 Å². The second kappa shape index (κ2) is 4.49. The van der Waals surface area contributed by atoms with Crippen LogP contribution in [0.1, 0.15) is 12.0 Å². The van der Waals surface area contributed by atoms with E-state index in [-0.39, 0.29) is 0 Å². The Balaban J connectivity index is 2.02. The Morgan fingerprint density at radius 3 is 2.87 bits per heavy atom. The lowest BCUT2D eigenvalue weighted by atomic mass is 10.1. The molecule has 15 heavy (non-hydrogen) atoms. The van der Waals surface area contributed by atoms with Crippen molar-refractivity contribution >= 4 is 10.9 Å². The third kappa shape index (κ3) is 2.60. The highest BCUT2D eigenvalue weighted by atomic mass is 15.0. The van der Waals surface area contributed by atoms with E-state index in [1.807, 2.05) is 6.20 Å². The Kier molecular flexibility index (Phi) is 3.07. The largest absolute Gasteiger partial charge is 0.361 e. The molecule has 0 bridgehead atoms. The summed E-state index contributed by atoms with van der Waals surface area (Å²) in [6.07, 6.45) is 4.39. The van der Waals surface area contributed by atoms with Crippen molar-refractivity contribution in [3.63, 3.8) is 0 Å². The molecule has 2 aromatic rings. The first-order valence-corrected chi connectivity index (χ1v) is 5.46. The van der Waals surface area contributed by atoms with Gasteiger partial charge in [-0.3, -0.25) is 0 Å². The molecule has 0 fully saturated rings. The maximum absolute atomic E-state index is 3.21. The number of aryl methyl sites for hydroxylation is 1. The number of aromatic nitrogens is 1. The average molecular weight is 202 g/mol. The zero-order chi connectivity index (χ0) is 10.7. The van der Waals surface area contributed by atoms with E-state index in [0.717, 1.165) is 6.54 Å². The van der Waals surface area contributed by atoms with Crippen LogP contribution in [0.5, 0.6) is 0 Å². The smallest absolute Gasteiger partial charge is 0.0454 e. The van der Waals surface area contributed by atoms with Gasteiger partial charge in [-0.1, -0.05) is 6.07 Å². The molecule has 80 valence electrons. The highest BCUT2D eigenvalue weighted by Crippen LogP contribution is 2.15. The lowest BCUT2D eigenvalue weighted by Gasteiger charge is -2.08. The molecule has 0 atom stereocenters. The highest BCUT2D eigenvalue weighted by Gasteiger charge is 1.98. The summed E-state index contributed by atoms with van der Waals surface area (Å²) < 4.78 is 0. The van der Waals surface area contributed by atoms with Crippen LogP contribution >= 0.6 is 0 Å². The molecule has 1 aromatic carbocycles. The Morgan fingerprint density at radius 1 is 1.20 bits per heavy atom. The summed E-state index contributed by atoms with van der Waals surface area (Å²) in [6, 6.07) is 8.79. The van der Waals surface area contributed by atoms with E-state index in [0.29, 0.717) is 0 Å². The maximum Gasteiger partial charge on any atom is 0.0454 e. The van der Waals surface area contributed by atoms with Gasteiger partial charge in [0.1, 0.15) is 0 Å². The molecule has 0 saturated carbocycles. The SMILES string of the molecule is CN(C)CCCc1ccc2[nH]ccc2c1. The first-order valence-electron chi connectivity index (χ1n) is 5.46. The van der Waals surface area contributed by atoms with Gasteiger partial charge in [-0.15, -0.1) is 0 Å². The number of aromatic amines is 1. The predicted molar refractivity (Wildman–Crippen MR) is 65.2 cm³/mol. The van der Waals surface area contributed by atoms with Crippen LogP contribution in [-0.2, 0) is 6.42 Å². The molecule has 0 aliphatic rings. The summed E-state index contributed by atoms with van der Waals surface area (Å²) in [4.78, 5) is 5.44. The first-order chi connectivity index (χ1) is 7.25. The molecule has 0 radical (unpaired) electrons. The number of hydrogen-bond acceptors (Lipinski definition) is 1. The fourth-order valence-corrected chi connectivity index (χ4v) is 1.86. The number of nitrogens with one attached hydrogen (secondary N) is 1. The zero-order valence-corrected chi connectivity index (χ0v) is 9.46. The second-order valence-corrected chi connectivity index (χ2v) is 4.31. The molecule has 1 N–H and O–H groups in total. The minimum Gasteiger partial charge on any atom is -0.361 e. The van der Waals surface area contributed by atoms with E-state index in [1.54, 1.807) is 0 Å². The minimum atomic E-state index is 1.16. The quantitative estimate of drug-likeness (QED) is 0.807. The van der Waals surface area contributed by atoms with Crippen LogP contribution in [0, 0.1) is 0 Å². The van der Waals surface area contributed by atoms with Crippen molar-refractivity contribution in [2.45, 2.75) is 12.8 Å². The summed E-state index contributed by atoms with van der Waals surface area (Å²) in [6.45, 7) is 1.16.